The summed E-state index contributed by atoms with van der Waals surface area (Å²) in [5.41, 5.74) is 0.238. The fraction of sp³-hybridized carbons (Fsp3) is 1.00. The molecule has 31 nitrogen and oxygen atoms in total. The van der Waals surface area contributed by atoms with E-state index in [0.717, 1.165) is 6.42 Å². The van der Waals surface area contributed by atoms with Gasteiger partial charge in [-0.1, -0.05) is 13.3 Å². The van der Waals surface area contributed by atoms with Crippen molar-refractivity contribution < 1.29 is 136 Å². The van der Waals surface area contributed by atoms with Gasteiger partial charge in [-0.15, -0.1) is 0 Å². The molecule has 0 bridgehead atoms. The largest absolute Gasteiger partial charge is 0.671 e. The van der Waals surface area contributed by atoms with Gasteiger partial charge in [0.05, 0.1) is 11.3 Å². The van der Waals surface area contributed by atoms with Gasteiger partial charge in [-0.2, -0.15) is 0 Å². The van der Waals surface area contributed by atoms with Crippen molar-refractivity contribution in [1.82, 2.24) is 0 Å². The Hall–Kier alpha value is 1.15. The van der Waals surface area contributed by atoms with Crippen LogP contribution in [0.2, 0.25) is 36.0 Å². The molecule has 78 heavy (non-hydrogen) atoms. The highest BCUT2D eigenvalue weighted by molar-refractivity contribution is 6.86. The van der Waals surface area contributed by atoms with E-state index >= 15 is 0 Å². The zero-order chi connectivity index (χ0) is 61.1. The second-order valence-electron chi connectivity index (χ2n) is 15.0. The van der Waals surface area contributed by atoms with E-state index in [1.54, 1.807) is 42.1 Å². The van der Waals surface area contributed by atoms with Crippen LogP contribution in [0.1, 0.15) is 27.2 Å². The van der Waals surface area contributed by atoms with Gasteiger partial charge in [-0.25, -0.2) is 0 Å². The summed E-state index contributed by atoms with van der Waals surface area (Å²) in [4.78, 5) is 0. The molecule has 0 aromatic rings. The molecular weight excluding hydrogens is 1240 g/mol. The highest BCUT2D eigenvalue weighted by Gasteiger charge is 2.66. The summed E-state index contributed by atoms with van der Waals surface area (Å²) >= 11 is 0. The second kappa shape index (κ2) is 41.3. The van der Waals surface area contributed by atoms with E-state index in [1.807, 2.05) is 20.8 Å². The van der Waals surface area contributed by atoms with Gasteiger partial charge in [-0.3, -0.25) is 0 Å². The molecule has 0 amide bonds. The van der Waals surface area contributed by atoms with Crippen LogP contribution in [0.25, 0.3) is 0 Å². The van der Waals surface area contributed by atoms with Crippen LogP contribution in [0.4, 0.5) is 0 Å². The highest BCUT2D eigenvalue weighted by Crippen LogP contribution is 2.34. The number of hydrogen-bond donors (Lipinski definition) is 0. The molecule has 0 heterocycles. The molecule has 474 valence electrons. The highest BCUT2D eigenvalue weighted by atomic mass is 28.5. The lowest BCUT2D eigenvalue weighted by Crippen LogP contribution is -2.66. The van der Waals surface area contributed by atoms with Gasteiger partial charge in [0.2, 0.25) is 0 Å². The smallest absolute Gasteiger partial charge is 0.377 e. The summed E-state index contributed by atoms with van der Waals surface area (Å²) in [6.45, 7) is 8.02. The van der Waals surface area contributed by atoms with Gasteiger partial charge in [0.15, 0.2) is 0 Å². The van der Waals surface area contributed by atoms with Crippen molar-refractivity contribution in [1.29, 1.82) is 0 Å². The first-order chi connectivity index (χ1) is 36.8. The monoisotopic (exact) mass is 1340 g/mol. The third-order valence-corrected chi connectivity index (χ3v) is 49.2. The zero-order valence-corrected chi connectivity index (χ0v) is 62.8. The van der Waals surface area contributed by atoms with Gasteiger partial charge < -0.3 is 136 Å². The predicted molar refractivity (Wildman–Crippen MR) is 300 cm³/mol. The molecule has 0 N–H and O–H groups in total. The SMILES string of the molecule is CCC[Si](OC)(OC)O[Si](OCC)(OCC)O[Si](CC[Si](OC)(OC)OC)(OC)OC.CO[Si](C)(OC)O[Si](C[Si](OC)(OC)OC)(OC)OC.CO[Si](C[Si](OC)(OC)O[Si](OC)(OC)OC)(OC)O[Si](OC)(OC)OC. The minimum atomic E-state index is -3.80. The summed E-state index contributed by atoms with van der Waals surface area (Å²) in [5.74, 6) is 0. The van der Waals surface area contributed by atoms with Gasteiger partial charge in [0.1, 0.15) is 0 Å². The van der Waals surface area contributed by atoms with E-state index in [-0.39, 0.29) is 11.3 Å². The van der Waals surface area contributed by atoms with Crippen LogP contribution < -0.4 is 0 Å². The molecule has 0 aromatic carbocycles. The van der Waals surface area contributed by atoms with Crippen LogP contribution in [0, 0.1) is 0 Å². The van der Waals surface area contributed by atoms with Crippen molar-refractivity contribution in [3.8, 4) is 0 Å². The Morgan fingerprint density at radius 3 is 0.679 bits per heavy atom. The Morgan fingerprint density at radius 1 is 0.218 bits per heavy atom. The molecule has 0 aromatic heterocycles. The Labute approximate surface area is 478 Å². The van der Waals surface area contributed by atoms with E-state index in [1.165, 1.54) is 135 Å². The Kier molecular flexibility index (Phi) is 44.1. The molecule has 0 rings (SSSR count). The summed E-state index contributed by atoms with van der Waals surface area (Å²) in [7, 11) is -0.666. The van der Waals surface area contributed by atoms with Crippen molar-refractivity contribution in [3.05, 3.63) is 0 Å². The minimum absolute atomic E-state index is 0.0182. The van der Waals surface area contributed by atoms with Crippen LogP contribution in [0.15, 0.2) is 0 Å². The average Bonchev–Trinajstić information content (AvgIpc) is 3.49. The third-order valence-electron chi connectivity index (χ3n) is 11.5. The van der Waals surface area contributed by atoms with Crippen molar-refractivity contribution in [2.45, 2.75) is 63.2 Å². The van der Waals surface area contributed by atoms with E-state index in [4.69, 9.17) is 136 Å². The first-order valence-corrected chi connectivity index (χ1v) is 44.5. The molecule has 0 fully saturated rings. The standard InChI is InChI=1S/C16H42O11Si4.C11H32O12Si4.C9H26O8Si3/c1-11-14-29(20-7,21-8)26-31(24-12-2,25-13-3)27-30(22-9,23-10)16-15-28(17-4,18-5)19-6;1-12-24(13-2,22-26(16-5,17-6)18-7)11-25(14-3,15-4)23-27(19-8,20-9)21-10;1-10-18(8,11-2)17-20(15-6,16-7)9-19(12-3,13-4)14-5/h11-16H2,1-10H3;11H2,1-10H3;9H2,1-8H3. The molecule has 0 saturated carbocycles. The molecule has 42 heteroatoms. The normalized spacial score (nSPS) is 13.8. The first kappa shape index (κ1) is 83.4. The van der Waals surface area contributed by atoms with Gasteiger partial charge in [-0.05, 0) is 13.8 Å². The zero-order valence-electron chi connectivity index (χ0n) is 51.8. The van der Waals surface area contributed by atoms with E-state index in [2.05, 4.69) is 0 Å². The van der Waals surface area contributed by atoms with Crippen molar-refractivity contribution in [2.24, 2.45) is 0 Å². The average molecular weight is 1340 g/mol. The Balaban J connectivity index is -0.00000111. The molecular formula is C36H100O31Si11. The molecule has 0 radical (unpaired) electrons. The lowest BCUT2D eigenvalue weighted by atomic mass is 10.6. The van der Waals surface area contributed by atoms with Crippen molar-refractivity contribution in [2.75, 3.05) is 184 Å². The van der Waals surface area contributed by atoms with Crippen molar-refractivity contribution >= 4 is 97.6 Å². The molecule has 0 aliphatic heterocycles. The summed E-state index contributed by atoms with van der Waals surface area (Å²) in [5, 5.41) is 0. The van der Waals surface area contributed by atoms with Gasteiger partial charge in [0, 0.05) is 209 Å². The van der Waals surface area contributed by atoms with Crippen LogP contribution in [0.5, 0.6) is 0 Å². The second-order valence-corrected chi connectivity index (χ2v) is 48.1. The lowest BCUT2D eigenvalue weighted by molar-refractivity contribution is -0.0102. The van der Waals surface area contributed by atoms with E-state index < -0.39 is 97.6 Å². The summed E-state index contributed by atoms with van der Waals surface area (Å²) < 4.78 is 174. The fourth-order valence-electron chi connectivity index (χ4n) is 6.55. The first-order valence-electron chi connectivity index (χ1n) is 23.8. The predicted octanol–water partition coefficient (Wildman–Crippen LogP) is 2.57. The number of hydrogen-bond acceptors (Lipinski definition) is 31. The van der Waals surface area contributed by atoms with Crippen LogP contribution in [-0.4, -0.2) is 281 Å². The summed E-state index contributed by atoms with van der Waals surface area (Å²) in [6.07, 6.45) is 0.789. The van der Waals surface area contributed by atoms with E-state index in [0.29, 0.717) is 31.3 Å². The maximum absolute atomic E-state index is 6.44. The maximum atomic E-state index is 6.44. The molecule has 0 saturated heterocycles. The molecule has 0 unspecified atom stereocenters. The van der Waals surface area contributed by atoms with Crippen molar-refractivity contribution in [3.63, 3.8) is 0 Å². The van der Waals surface area contributed by atoms with E-state index in [9.17, 15) is 0 Å². The molecule has 0 atom stereocenters. The number of rotatable bonds is 47. The molecule has 0 aliphatic rings. The van der Waals surface area contributed by atoms with Crippen LogP contribution in [-0.2, 0) is 136 Å². The molecule has 0 aliphatic carbocycles. The molecule has 0 spiro atoms. The lowest BCUT2D eigenvalue weighted by Gasteiger charge is -2.39. The summed E-state index contributed by atoms with van der Waals surface area (Å²) in [6, 6.07) is 1.31. The van der Waals surface area contributed by atoms with Gasteiger partial charge >= 0.3 is 97.6 Å². The Morgan fingerprint density at radius 2 is 0.449 bits per heavy atom. The fourth-order valence-corrected chi connectivity index (χ4v) is 43.7. The van der Waals surface area contributed by atoms with Crippen LogP contribution in [0.3, 0.4) is 0 Å². The quantitative estimate of drug-likeness (QED) is 0.0791. The third kappa shape index (κ3) is 24.9. The maximum Gasteiger partial charge on any atom is 0.671 e. The Bertz CT molecular complexity index is 1390. The van der Waals surface area contributed by atoms with Crippen LogP contribution >= 0.6 is 0 Å². The topological polar surface area (TPSA) is 286 Å². The minimum Gasteiger partial charge on any atom is -0.377 e. The van der Waals surface area contributed by atoms with Gasteiger partial charge in [0.25, 0.3) is 0 Å².